The maximum Gasteiger partial charge on any atom is 0.222 e. The van der Waals surface area contributed by atoms with Crippen molar-refractivity contribution in [2.45, 2.75) is 51.4 Å². The van der Waals surface area contributed by atoms with E-state index < -0.39 is 17.7 Å². The highest BCUT2D eigenvalue weighted by atomic mass is 35.5. The van der Waals surface area contributed by atoms with Gasteiger partial charge < -0.3 is 20.3 Å². The van der Waals surface area contributed by atoms with Crippen molar-refractivity contribution in [3.8, 4) is 11.4 Å². The van der Waals surface area contributed by atoms with Gasteiger partial charge in [0.1, 0.15) is 17.6 Å². The average molecular weight is 512 g/mol. The number of methoxy groups -OCH3 is 1. The predicted molar refractivity (Wildman–Crippen MR) is 137 cm³/mol. The van der Waals surface area contributed by atoms with Gasteiger partial charge in [-0.3, -0.25) is 14.4 Å². The molecule has 1 amide bonds. The summed E-state index contributed by atoms with van der Waals surface area (Å²) >= 11 is 6.13. The number of carbonyl (C=O) groups excluding carboxylic acids is 1. The smallest absolute Gasteiger partial charge is 0.222 e. The number of aliphatic hydroxyl groups is 2. The number of nitrogens with one attached hydrogen (secondary N) is 1. The van der Waals surface area contributed by atoms with Gasteiger partial charge in [0.15, 0.2) is 5.82 Å². The molecule has 190 valence electrons. The summed E-state index contributed by atoms with van der Waals surface area (Å²) in [5, 5.41) is 32.0. The van der Waals surface area contributed by atoms with Crippen LogP contribution in [0.1, 0.15) is 55.5 Å². The van der Waals surface area contributed by atoms with E-state index in [2.05, 4.69) is 15.5 Å². The highest BCUT2D eigenvalue weighted by molar-refractivity contribution is 6.30. The first-order valence-electron chi connectivity index (χ1n) is 11.7. The van der Waals surface area contributed by atoms with Gasteiger partial charge in [0, 0.05) is 22.7 Å². The Balaban J connectivity index is 1.71. The largest absolute Gasteiger partial charge is 0.497 e. The van der Waals surface area contributed by atoms with Crippen molar-refractivity contribution >= 4 is 23.2 Å². The lowest BCUT2D eigenvalue weighted by molar-refractivity contribution is -0.121. The highest BCUT2D eigenvalue weighted by Gasteiger charge is 2.30. The fourth-order valence-electron chi connectivity index (χ4n) is 4.13. The number of benzene rings is 2. The third kappa shape index (κ3) is 5.43. The number of aryl methyl sites for hydroxylation is 1. The molecule has 1 aromatic heterocycles. The number of hydrogen-bond acceptors (Lipinski definition) is 7. The van der Waals surface area contributed by atoms with Gasteiger partial charge in [0.05, 0.1) is 36.6 Å². The molecule has 2 atom stereocenters. The van der Waals surface area contributed by atoms with Crippen LogP contribution in [0.3, 0.4) is 0 Å². The molecule has 4 rings (SSSR count). The Morgan fingerprint density at radius 2 is 1.94 bits per heavy atom. The van der Waals surface area contributed by atoms with Gasteiger partial charge in [0.2, 0.25) is 5.91 Å². The van der Waals surface area contributed by atoms with Crippen molar-refractivity contribution in [1.82, 2.24) is 20.1 Å². The Morgan fingerprint density at radius 1 is 1.22 bits per heavy atom. The maximum atomic E-state index is 12.9. The molecule has 0 saturated carbocycles. The molecule has 3 N–H and O–H groups in total. The van der Waals surface area contributed by atoms with Gasteiger partial charge >= 0.3 is 0 Å². The summed E-state index contributed by atoms with van der Waals surface area (Å²) in [7, 11) is 1.61. The minimum Gasteiger partial charge on any atom is -0.497 e. The van der Waals surface area contributed by atoms with Gasteiger partial charge in [-0.1, -0.05) is 23.7 Å². The van der Waals surface area contributed by atoms with Crippen molar-refractivity contribution in [3.05, 3.63) is 70.3 Å². The van der Waals surface area contributed by atoms with E-state index in [1.807, 2.05) is 41.8 Å². The number of rotatable bonds is 8. The Morgan fingerprint density at radius 3 is 2.61 bits per heavy atom. The minimum absolute atomic E-state index is 0.0267. The van der Waals surface area contributed by atoms with E-state index in [-0.39, 0.29) is 25.3 Å². The number of nitrogens with zero attached hydrogens (tertiary/aromatic N) is 4. The Labute approximate surface area is 214 Å². The lowest BCUT2D eigenvalue weighted by Gasteiger charge is -2.24. The van der Waals surface area contributed by atoms with Crippen LogP contribution in [-0.2, 0) is 4.79 Å². The zero-order chi connectivity index (χ0) is 26.0. The molecule has 36 heavy (non-hydrogen) atoms. The molecule has 2 heterocycles. The Hall–Kier alpha value is -3.27. The van der Waals surface area contributed by atoms with E-state index in [4.69, 9.17) is 21.3 Å². The molecule has 3 aromatic rings. The van der Waals surface area contributed by atoms with Gasteiger partial charge in [0.25, 0.3) is 0 Å². The van der Waals surface area contributed by atoms with Crippen molar-refractivity contribution in [3.63, 3.8) is 0 Å². The number of ether oxygens (including phenoxy) is 1. The Bertz CT molecular complexity index is 1280. The van der Waals surface area contributed by atoms with Crippen molar-refractivity contribution in [1.29, 1.82) is 0 Å². The summed E-state index contributed by atoms with van der Waals surface area (Å²) in [5.41, 5.74) is 1.92. The van der Waals surface area contributed by atoms with Crippen LogP contribution >= 0.6 is 11.6 Å². The topological polar surface area (TPSA) is 122 Å². The minimum atomic E-state index is -1.25. The molecule has 0 radical (unpaired) electrons. The lowest BCUT2D eigenvalue weighted by atomic mass is 9.99. The number of aromatic nitrogens is 3. The molecular weight excluding hydrogens is 482 g/mol. The molecule has 0 bridgehead atoms. The summed E-state index contributed by atoms with van der Waals surface area (Å²) < 4.78 is 7.40. The Kier molecular flexibility index (Phi) is 7.44. The molecule has 0 fully saturated rings. The molecule has 10 heteroatoms. The molecule has 9 nitrogen and oxygen atoms in total. The summed E-state index contributed by atoms with van der Waals surface area (Å²) in [5.74, 6) is 1.64. The van der Waals surface area contributed by atoms with Crippen LogP contribution in [0.2, 0.25) is 5.02 Å². The van der Waals surface area contributed by atoms with E-state index in [0.717, 1.165) is 16.8 Å². The lowest BCUT2D eigenvalue weighted by Crippen LogP contribution is -2.39. The number of aliphatic imine (C=N–C) groups is 1. The number of aliphatic hydroxyl groups excluding tert-OH is 1. The second-order valence-electron chi connectivity index (χ2n) is 9.34. The van der Waals surface area contributed by atoms with Crippen molar-refractivity contribution < 1.29 is 19.7 Å². The SMILES string of the molecule is COc1ccc2c(c1)C(c1ccc(Cl)cc1)=N[C@@H](CC(=O)NCCC(O)C(C)(C)O)c1nnc(C)n1-2. The van der Waals surface area contributed by atoms with Crippen molar-refractivity contribution in [2.24, 2.45) is 4.99 Å². The fourth-order valence-corrected chi connectivity index (χ4v) is 4.25. The van der Waals surface area contributed by atoms with Crippen LogP contribution in [0.4, 0.5) is 0 Å². The number of hydrogen-bond donors (Lipinski definition) is 3. The summed E-state index contributed by atoms with van der Waals surface area (Å²) in [6, 6.07) is 12.5. The number of amides is 1. The zero-order valence-corrected chi connectivity index (χ0v) is 21.5. The first-order valence-corrected chi connectivity index (χ1v) is 12.1. The number of halogens is 1. The first-order chi connectivity index (χ1) is 17.1. The maximum absolute atomic E-state index is 12.9. The number of fused-ring (bicyclic) bond motifs is 3. The average Bonchev–Trinajstić information content (AvgIpc) is 3.16. The van der Waals surface area contributed by atoms with Crippen LogP contribution in [0, 0.1) is 6.92 Å². The molecular formula is C26H30ClN5O4. The van der Waals surface area contributed by atoms with Gasteiger partial charge in [-0.2, -0.15) is 0 Å². The molecule has 1 unspecified atom stereocenters. The highest BCUT2D eigenvalue weighted by Crippen LogP contribution is 2.34. The standard InChI is InChI=1S/C26H30ClN5O4/c1-15-30-31-25-20(14-23(34)28-12-11-22(33)26(2,3)35)29-24(16-5-7-17(27)8-6-16)19-13-18(36-4)9-10-21(19)32(15)25/h5-10,13,20,22,33,35H,11-12,14H2,1-4H3,(H,28,34)/t20-,22?/m0/s1. The van der Waals surface area contributed by atoms with Gasteiger partial charge in [-0.15, -0.1) is 10.2 Å². The first kappa shape index (κ1) is 25.8. The van der Waals surface area contributed by atoms with Gasteiger partial charge in [-0.05, 0) is 57.5 Å². The fraction of sp³-hybridized carbons (Fsp3) is 0.385. The third-order valence-corrected chi connectivity index (χ3v) is 6.44. The van der Waals surface area contributed by atoms with E-state index in [1.165, 1.54) is 13.8 Å². The monoisotopic (exact) mass is 511 g/mol. The summed E-state index contributed by atoms with van der Waals surface area (Å²) in [6.45, 7) is 5.13. The van der Waals surface area contributed by atoms with Gasteiger partial charge in [-0.25, -0.2) is 0 Å². The molecule has 2 aromatic carbocycles. The van der Waals surface area contributed by atoms with Crippen LogP contribution in [-0.4, -0.2) is 62.0 Å². The molecule has 1 aliphatic rings. The summed E-state index contributed by atoms with van der Waals surface area (Å²) in [6.07, 6.45) is -0.709. The second kappa shape index (κ2) is 10.4. The van der Waals surface area contributed by atoms with E-state index in [9.17, 15) is 15.0 Å². The second-order valence-corrected chi connectivity index (χ2v) is 9.77. The van der Waals surface area contributed by atoms with Crippen molar-refractivity contribution in [2.75, 3.05) is 13.7 Å². The van der Waals surface area contributed by atoms with Crippen LogP contribution in [0.15, 0.2) is 47.5 Å². The molecule has 0 aliphatic carbocycles. The van der Waals surface area contributed by atoms with E-state index in [1.54, 1.807) is 19.2 Å². The predicted octanol–water partition coefficient (Wildman–Crippen LogP) is 3.16. The molecule has 0 saturated heterocycles. The van der Waals surface area contributed by atoms with Crippen LogP contribution in [0.25, 0.3) is 5.69 Å². The van der Waals surface area contributed by atoms with Crippen LogP contribution < -0.4 is 10.1 Å². The van der Waals surface area contributed by atoms with Crippen LogP contribution in [0.5, 0.6) is 5.75 Å². The normalized spacial score (nSPS) is 15.9. The van der Waals surface area contributed by atoms with E-state index >= 15 is 0 Å². The quantitative estimate of drug-likeness (QED) is 0.427. The molecule has 0 spiro atoms. The number of carbonyl (C=O) groups is 1. The van der Waals surface area contributed by atoms with E-state index in [0.29, 0.717) is 28.1 Å². The third-order valence-electron chi connectivity index (χ3n) is 6.18. The molecule has 1 aliphatic heterocycles. The summed E-state index contributed by atoms with van der Waals surface area (Å²) in [4.78, 5) is 17.9. The zero-order valence-electron chi connectivity index (χ0n) is 20.7.